The average Bonchev–Trinajstić information content (AvgIpc) is 2.34. The highest BCUT2D eigenvalue weighted by Gasteiger charge is 2.12. The third-order valence-electron chi connectivity index (χ3n) is 1.94. The largest absolute Gasteiger partial charge is 0.496 e. The smallest absolute Gasteiger partial charge is 0.341 e. The Balaban J connectivity index is 3.11. The van der Waals surface area contributed by atoms with Crippen LogP contribution in [0.3, 0.4) is 0 Å². The molecule has 0 radical (unpaired) electrons. The molecule has 4 heteroatoms. The van der Waals surface area contributed by atoms with Gasteiger partial charge in [-0.1, -0.05) is 11.8 Å². The SMILES string of the molecule is COC(=O)c1ccc(C#CCN)cc1OC. The fourth-order valence-corrected chi connectivity index (χ4v) is 1.20. The maximum atomic E-state index is 11.4. The molecule has 0 unspecified atom stereocenters. The topological polar surface area (TPSA) is 61.5 Å². The lowest BCUT2D eigenvalue weighted by Crippen LogP contribution is -2.04. The number of nitrogens with two attached hydrogens (primary N) is 1. The summed E-state index contributed by atoms with van der Waals surface area (Å²) in [6.07, 6.45) is 0. The van der Waals surface area contributed by atoms with E-state index in [9.17, 15) is 4.79 Å². The fourth-order valence-electron chi connectivity index (χ4n) is 1.20. The van der Waals surface area contributed by atoms with Gasteiger partial charge in [-0.15, -0.1) is 0 Å². The molecule has 0 aliphatic rings. The standard InChI is InChI=1S/C12H13NO3/c1-15-11-8-9(4-3-7-13)5-6-10(11)12(14)16-2/h5-6,8H,7,13H2,1-2H3. The molecule has 0 saturated carbocycles. The summed E-state index contributed by atoms with van der Waals surface area (Å²) in [5.74, 6) is 5.59. The zero-order valence-corrected chi connectivity index (χ0v) is 9.24. The van der Waals surface area contributed by atoms with E-state index >= 15 is 0 Å². The first-order valence-electron chi connectivity index (χ1n) is 4.68. The molecule has 0 bridgehead atoms. The van der Waals surface area contributed by atoms with E-state index < -0.39 is 5.97 Å². The maximum Gasteiger partial charge on any atom is 0.341 e. The zero-order valence-electron chi connectivity index (χ0n) is 9.24. The highest BCUT2D eigenvalue weighted by molar-refractivity contribution is 5.92. The molecule has 0 amide bonds. The van der Waals surface area contributed by atoms with Crippen LogP contribution in [0.1, 0.15) is 15.9 Å². The molecule has 0 aliphatic carbocycles. The zero-order chi connectivity index (χ0) is 12.0. The third kappa shape index (κ3) is 2.75. The van der Waals surface area contributed by atoms with E-state index in [2.05, 4.69) is 16.6 Å². The number of rotatable bonds is 2. The first-order chi connectivity index (χ1) is 7.72. The number of carbonyl (C=O) groups excluding carboxylic acids is 1. The second-order valence-corrected chi connectivity index (χ2v) is 2.91. The molecule has 84 valence electrons. The number of hydrogen-bond acceptors (Lipinski definition) is 4. The van der Waals surface area contributed by atoms with Crippen LogP contribution in [0.15, 0.2) is 18.2 Å². The van der Waals surface area contributed by atoms with E-state index in [-0.39, 0.29) is 0 Å². The Kier molecular flexibility index (Phi) is 4.37. The Labute approximate surface area is 94.3 Å². The molecule has 0 aliphatic heterocycles. The molecule has 16 heavy (non-hydrogen) atoms. The average molecular weight is 219 g/mol. The van der Waals surface area contributed by atoms with Gasteiger partial charge in [0.1, 0.15) is 11.3 Å². The summed E-state index contributed by atoms with van der Waals surface area (Å²) in [6.45, 7) is 0.293. The van der Waals surface area contributed by atoms with Crippen LogP contribution in [0.2, 0.25) is 0 Å². The molecular formula is C12H13NO3. The van der Waals surface area contributed by atoms with Crippen molar-refractivity contribution in [3.05, 3.63) is 29.3 Å². The van der Waals surface area contributed by atoms with Gasteiger partial charge in [-0.2, -0.15) is 0 Å². The second-order valence-electron chi connectivity index (χ2n) is 2.91. The first-order valence-corrected chi connectivity index (χ1v) is 4.68. The monoisotopic (exact) mass is 219 g/mol. The van der Waals surface area contributed by atoms with Crippen molar-refractivity contribution >= 4 is 5.97 Å². The minimum atomic E-state index is -0.435. The number of methoxy groups -OCH3 is 2. The Morgan fingerprint density at radius 1 is 1.44 bits per heavy atom. The van der Waals surface area contributed by atoms with Gasteiger partial charge in [0.25, 0.3) is 0 Å². The molecule has 1 rings (SSSR count). The van der Waals surface area contributed by atoms with Gasteiger partial charge in [-0.3, -0.25) is 0 Å². The van der Waals surface area contributed by atoms with E-state index in [0.29, 0.717) is 17.9 Å². The quantitative estimate of drug-likeness (QED) is 0.590. The Hall–Kier alpha value is -1.99. The molecule has 1 aromatic rings. The van der Waals surface area contributed by atoms with E-state index in [1.807, 2.05) is 0 Å². The summed E-state index contributed by atoms with van der Waals surface area (Å²) >= 11 is 0. The van der Waals surface area contributed by atoms with Gasteiger partial charge < -0.3 is 15.2 Å². The van der Waals surface area contributed by atoms with Gasteiger partial charge in [-0.25, -0.2) is 4.79 Å². The van der Waals surface area contributed by atoms with E-state index in [4.69, 9.17) is 10.5 Å². The highest BCUT2D eigenvalue weighted by Crippen LogP contribution is 2.20. The van der Waals surface area contributed by atoms with Crippen LogP contribution in [0.5, 0.6) is 5.75 Å². The highest BCUT2D eigenvalue weighted by atomic mass is 16.5. The van der Waals surface area contributed by atoms with Crippen molar-refractivity contribution in [2.45, 2.75) is 0 Å². The first kappa shape index (κ1) is 12.1. The summed E-state index contributed by atoms with van der Waals surface area (Å²) < 4.78 is 9.71. The summed E-state index contributed by atoms with van der Waals surface area (Å²) in [5.41, 5.74) is 6.39. The van der Waals surface area contributed by atoms with Gasteiger partial charge in [0.15, 0.2) is 0 Å². The molecule has 1 aromatic carbocycles. The van der Waals surface area contributed by atoms with Crippen molar-refractivity contribution in [3.63, 3.8) is 0 Å². The fraction of sp³-hybridized carbons (Fsp3) is 0.250. The van der Waals surface area contributed by atoms with Gasteiger partial charge in [0.05, 0.1) is 20.8 Å². The van der Waals surface area contributed by atoms with Crippen molar-refractivity contribution < 1.29 is 14.3 Å². The minimum Gasteiger partial charge on any atom is -0.496 e. The number of carbonyl (C=O) groups is 1. The Morgan fingerprint density at radius 3 is 2.75 bits per heavy atom. The molecule has 0 atom stereocenters. The predicted octanol–water partition coefficient (Wildman–Crippen LogP) is 0.792. The van der Waals surface area contributed by atoms with Crippen LogP contribution in [0, 0.1) is 11.8 Å². The van der Waals surface area contributed by atoms with Crippen LogP contribution >= 0.6 is 0 Å². The lowest BCUT2D eigenvalue weighted by atomic mass is 10.1. The van der Waals surface area contributed by atoms with Gasteiger partial charge in [0, 0.05) is 5.56 Å². The van der Waals surface area contributed by atoms with E-state index in [1.54, 1.807) is 18.2 Å². The molecule has 0 aromatic heterocycles. The van der Waals surface area contributed by atoms with Crippen molar-refractivity contribution in [2.24, 2.45) is 5.73 Å². The maximum absolute atomic E-state index is 11.4. The molecule has 2 N–H and O–H groups in total. The van der Waals surface area contributed by atoms with E-state index in [0.717, 1.165) is 5.56 Å². The number of benzene rings is 1. The summed E-state index contributed by atoms with van der Waals surface area (Å²) in [4.78, 5) is 11.4. The molecule has 0 spiro atoms. The van der Waals surface area contributed by atoms with E-state index in [1.165, 1.54) is 14.2 Å². The summed E-state index contributed by atoms with van der Waals surface area (Å²) in [6, 6.07) is 5.01. The lowest BCUT2D eigenvalue weighted by Gasteiger charge is -2.06. The third-order valence-corrected chi connectivity index (χ3v) is 1.94. The Morgan fingerprint density at radius 2 is 2.19 bits per heavy atom. The number of ether oxygens (including phenoxy) is 2. The van der Waals surface area contributed by atoms with Crippen LogP contribution in [0.4, 0.5) is 0 Å². The van der Waals surface area contributed by atoms with Crippen molar-refractivity contribution in [1.29, 1.82) is 0 Å². The van der Waals surface area contributed by atoms with Gasteiger partial charge in [0.2, 0.25) is 0 Å². The van der Waals surface area contributed by atoms with Crippen molar-refractivity contribution in [2.75, 3.05) is 20.8 Å². The minimum absolute atomic E-state index is 0.293. The summed E-state index contributed by atoms with van der Waals surface area (Å²) in [7, 11) is 2.81. The van der Waals surface area contributed by atoms with Crippen LogP contribution in [-0.4, -0.2) is 26.7 Å². The summed E-state index contributed by atoms with van der Waals surface area (Å²) in [5, 5.41) is 0. The van der Waals surface area contributed by atoms with Crippen LogP contribution in [0.25, 0.3) is 0 Å². The number of hydrogen-bond donors (Lipinski definition) is 1. The van der Waals surface area contributed by atoms with Gasteiger partial charge >= 0.3 is 5.97 Å². The molecule has 0 fully saturated rings. The molecule has 4 nitrogen and oxygen atoms in total. The van der Waals surface area contributed by atoms with Crippen molar-refractivity contribution in [1.82, 2.24) is 0 Å². The van der Waals surface area contributed by atoms with Crippen LogP contribution in [-0.2, 0) is 4.74 Å². The second kappa shape index (κ2) is 5.79. The van der Waals surface area contributed by atoms with Gasteiger partial charge in [-0.05, 0) is 18.2 Å². The lowest BCUT2D eigenvalue weighted by molar-refractivity contribution is 0.0597. The van der Waals surface area contributed by atoms with Crippen molar-refractivity contribution in [3.8, 4) is 17.6 Å². The number of esters is 1. The normalized spacial score (nSPS) is 8.94. The molecular weight excluding hydrogens is 206 g/mol. The predicted molar refractivity (Wildman–Crippen MR) is 60.3 cm³/mol. The molecule has 0 heterocycles. The van der Waals surface area contributed by atoms with Crippen LogP contribution < -0.4 is 10.5 Å². The molecule has 0 saturated heterocycles. The Bertz CT molecular complexity index is 443.